The molecule has 7 nitrogen and oxygen atoms in total. The molecule has 32 heavy (non-hydrogen) atoms. The van der Waals surface area contributed by atoms with Crippen molar-refractivity contribution >= 4 is 11.6 Å². The molecule has 0 radical (unpaired) electrons. The molecule has 3 aliphatic rings. The molecule has 0 unspecified atom stereocenters. The van der Waals surface area contributed by atoms with Gasteiger partial charge in [0, 0.05) is 24.2 Å². The molecule has 1 aliphatic carbocycles. The maximum absolute atomic E-state index is 12.9. The summed E-state index contributed by atoms with van der Waals surface area (Å²) < 4.78 is 16.3. The Morgan fingerprint density at radius 3 is 2.78 bits per heavy atom. The molecule has 1 amide bonds. The summed E-state index contributed by atoms with van der Waals surface area (Å²) in [5.74, 6) is 2.24. The van der Waals surface area contributed by atoms with Crippen molar-refractivity contribution in [2.75, 3.05) is 32.3 Å². The van der Waals surface area contributed by atoms with Crippen molar-refractivity contribution in [3.8, 4) is 17.2 Å². The Labute approximate surface area is 188 Å². The lowest BCUT2D eigenvalue weighted by Gasteiger charge is -2.52. The predicted octanol–water partition coefficient (Wildman–Crippen LogP) is 3.73. The number of hydrogen-bond donors (Lipinski definition) is 2. The van der Waals surface area contributed by atoms with E-state index >= 15 is 0 Å². The van der Waals surface area contributed by atoms with E-state index in [-0.39, 0.29) is 31.2 Å². The standard InChI is InChI=1S/C25H30N2O5/c1-30-19-8-6-18(7-9-19)26-23(28)15-27-13-12-25(29)11-3-2-4-20(25)24(27)17-5-10-21-22(14-17)32-16-31-21/h5-10,14,20,24,29H,2-4,11-13,15-16H2,1H3,(H,26,28)/t20-,24+,25-/m1/s1. The molecule has 7 heteroatoms. The summed E-state index contributed by atoms with van der Waals surface area (Å²) in [6.07, 6.45) is 4.62. The van der Waals surface area contributed by atoms with Crippen LogP contribution < -0.4 is 19.5 Å². The van der Waals surface area contributed by atoms with Gasteiger partial charge in [-0.25, -0.2) is 0 Å². The van der Waals surface area contributed by atoms with E-state index in [1.807, 2.05) is 42.5 Å². The van der Waals surface area contributed by atoms with E-state index in [9.17, 15) is 9.90 Å². The fourth-order valence-electron chi connectivity index (χ4n) is 5.52. The number of methoxy groups -OCH3 is 1. The average Bonchev–Trinajstić information content (AvgIpc) is 3.27. The maximum atomic E-state index is 12.9. The van der Waals surface area contributed by atoms with Gasteiger partial charge in [-0.15, -0.1) is 0 Å². The first-order chi connectivity index (χ1) is 15.6. The first-order valence-corrected chi connectivity index (χ1v) is 11.4. The number of nitrogens with one attached hydrogen (secondary N) is 1. The number of aliphatic hydroxyl groups is 1. The zero-order valence-electron chi connectivity index (χ0n) is 18.4. The Morgan fingerprint density at radius 2 is 1.97 bits per heavy atom. The SMILES string of the molecule is COc1ccc(NC(=O)CN2CC[C@]3(O)CCCC[C@@H]3[C@@H]2c2ccc3c(c2)OCO3)cc1. The van der Waals surface area contributed by atoms with Crippen LogP contribution in [0.25, 0.3) is 0 Å². The van der Waals surface area contributed by atoms with Gasteiger partial charge in [0.05, 0.1) is 19.3 Å². The number of fused-ring (bicyclic) bond motifs is 2. The van der Waals surface area contributed by atoms with Crippen LogP contribution in [-0.4, -0.2) is 48.5 Å². The van der Waals surface area contributed by atoms with Gasteiger partial charge in [0.1, 0.15) is 5.75 Å². The highest BCUT2D eigenvalue weighted by atomic mass is 16.7. The second-order valence-electron chi connectivity index (χ2n) is 9.01. The van der Waals surface area contributed by atoms with Gasteiger partial charge < -0.3 is 24.6 Å². The van der Waals surface area contributed by atoms with Crippen LogP contribution in [0.2, 0.25) is 0 Å². The second-order valence-corrected chi connectivity index (χ2v) is 9.01. The minimum absolute atomic E-state index is 0.0508. The monoisotopic (exact) mass is 438 g/mol. The van der Waals surface area contributed by atoms with Gasteiger partial charge in [-0.3, -0.25) is 9.69 Å². The Morgan fingerprint density at radius 1 is 1.16 bits per heavy atom. The Kier molecular flexibility index (Phi) is 5.69. The summed E-state index contributed by atoms with van der Waals surface area (Å²) in [4.78, 5) is 15.2. The molecule has 2 fully saturated rings. The van der Waals surface area contributed by atoms with Gasteiger partial charge in [-0.1, -0.05) is 18.9 Å². The molecule has 5 rings (SSSR count). The normalized spacial score (nSPS) is 26.9. The summed E-state index contributed by atoms with van der Waals surface area (Å²) >= 11 is 0. The number of carbonyl (C=O) groups is 1. The van der Waals surface area contributed by atoms with E-state index in [1.54, 1.807) is 7.11 Å². The Hall–Kier alpha value is -2.77. The maximum Gasteiger partial charge on any atom is 0.238 e. The fourth-order valence-corrected chi connectivity index (χ4v) is 5.52. The molecule has 2 aromatic rings. The lowest BCUT2D eigenvalue weighted by atomic mass is 9.66. The van der Waals surface area contributed by atoms with E-state index in [1.165, 1.54) is 0 Å². The number of amides is 1. The van der Waals surface area contributed by atoms with Gasteiger partial charge >= 0.3 is 0 Å². The minimum atomic E-state index is -0.678. The fraction of sp³-hybridized carbons (Fsp3) is 0.480. The van der Waals surface area contributed by atoms with Crippen molar-refractivity contribution in [1.82, 2.24) is 4.90 Å². The molecule has 2 aliphatic heterocycles. The molecule has 2 N–H and O–H groups in total. The first-order valence-electron chi connectivity index (χ1n) is 11.4. The molecule has 0 bridgehead atoms. The molecule has 2 aromatic carbocycles. The Balaban J connectivity index is 1.38. The third-order valence-electron chi connectivity index (χ3n) is 7.13. The highest BCUT2D eigenvalue weighted by molar-refractivity contribution is 5.92. The molecule has 0 spiro atoms. The molecular weight excluding hydrogens is 408 g/mol. The molecule has 1 saturated carbocycles. The number of carbonyl (C=O) groups excluding carboxylic acids is 1. The zero-order chi connectivity index (χ0) is 22.1. The number of benzene rings is 2. The number of rotatable bonds is 5. The van der Waals surface area contributed by atoms with Crippen molar-refractivity contribution < 1.29 is 24.1 Å². The third-order valence-corrected chi connectivity index (χ3v) is 7.13. The minimum Gasteiger partial charge on any atom is -0.497 e. The van der Waals surface area contributed by atoms with Crippen LogP contribution in [0.1, 0.15) is 43.7 Å². The van der Waals surface area contributed by atoms with Gasteiger partial charge in [-0.05, 0) is 61.2 Å². The van der Waals surface area contributed by atoms with Gasteiger partial charge in [0.15, 0.2) is 11.5 Å². The van der Waals surface area contributed by atoms with Crippen LogP contribution >= 0.6 is 0 Å². The van der Waals surface area contributed by atoms with Gasteiger partial charge in [0.2, 0.25) is 12.7 Å². The zero-order valence-corrected chi connectivity index (χ0v) is 18.4. The molecule has 170 valence electrons. The summed E-state index contributed by atoms with van der Waals surface area (Å²) in [6, 6.07) is 13.3. The van der Waals surface area contributed by atoms with Crippen molar-refractivity contribution in [2.24, 2.45) is 5.92 Å². The molecule has 0 aromatic heterocycles. The second kappa shape index (κ2) is 8.64. The van der Waals surface area contributed by atoms with Crippen molar-refractivity contribution in [3.05, 3.63) is 48.0 Å². The largest absolute Gasteiger partial charge is 0.497 e. The summed E-state index contributed by atoms with van der Waals surface area (Å²) in [6.45, 7) is 1.16. The van der Waals surface area contributed by atoms with Crippen molar-refractivity contribution in [3.63, 3.8) is 0 Å². The number of hydrogen-bond acceptors (Lipinski definition) is 6. The van der Waals surface area contributed by atoms with Crippen LogP contribution in [0.15, 0.2) is 42.5 Å². The Bertz CT molecular complexity index is 979. The molecular formula is C25H30N2O5. The number of piperidine rings is 1. The van der Waals surface area contributed by atoms with E-state index in [4.69, 9.17) is 14.2 Å². The number of likely N-dealkylation sites (tertiary alicyclic amines) is 1. The summed E-state index contributed by atoms with van der Waals surface area (Å²) in [7, 11) is 1.62. The van der Waals surface area contributed by atoms with Gasteiger partial charge in [0.25, 0.3) is 0 Å². The molecule has 2 heterocycles. The highest BCUT2D eigenvalue weighted by Gasteiger charge is 2.49. The van der Waals surface area contributed by atoms with Crippen molar-refractivity contribution in [2.45, 2.75) is 43.7 Å². The average molecular weight is 439 g/mol. The van der Waals surface area contributed by atoms with E-state index in [0.717, 1.165) is 54.2 Å². The van der Waals surface area contributed by atoms with E-state index in [0.29, 0.717) is 13.0 Å². The molecule has 3 atom stereocenters. The van der Waals surface area contributed by atoms with Crippen LogP contribution in [0.5, 0.6) is 17.2 Å². The lowest BCUT2D eigenvalue weighted by Crippen LogP contribution is -2.56. The topological polar surface area (TPSA) is 80.3 Å². The van der Waals surface area contributed by atoms with Crippen LogP contribution in [0, 0.1) is 5.92 Å². The van der Waals surface area contributed by atoms with Crippen LogP contribution in [-0.2, 0) is 4.79 Å². The van der Waals surface area contributed by atoms with Gasteiger partial charge in [-0.2, -0.15) is 0 Å². The number of nitrogens with zero attached hydrogens (tertiary/aromatic N) is 1. The first kappa shape index (κ1) is 21.1. The van der Waals surface area contributed by atoms with Crippen LogP contribution in [0.4, 0.5) is 5.69 Å². The highest BCUT2D eigenvalue weighted by Crippen LogP contribution is 2.50. The lowest BCUT2D eigenvalue weighted by molar-refractivity contribution is -0.135. The summed E-state index contributed by atoms with van der Waals surface area (Å²) in [5.41, 5.74) is 1.13. The molecule has 1 saturated heterocycles. The van der Waals surface area contributed by atoms with Crippen molar-refractivity contribution in [1.29, 1.82) is 0 Å². The number of anilines is 1. The third kappa shape index (κ3) is 4.02. The smallest absolute Gasteiger partial charge is 0.238 e. The van der Waals surface area contributed by atoms with E-state index < -0.39 is 5.60 Å². The van der Waals surface area contributed by atoms with E-state index in [2.05, 4.69) is 10.2 Å². The summed E-state index contributed by atoms with van der Waals surface area (Å²) in [5, 5.41) is 14.5. The number of ether oxygens (including phenoxy) is 3. The quantitative estimate of drug-likeness (QED) is 0.741. The van der Waals surface area contributed by atoms with Crippen LogP contribution in [0.3, 0.4) is 0 Å². The predicted molar refractivity (Wildman–Crippen MR) is 120 cm³/mol.